The summed E-state index contributed by atoms with van der Waals surface area (Å²) < 4.78 is 10.1. The molecule has 1 aliphatic rings. The number of hydrogen-bond acceptors (Lipinski definition) is 3. The van der Waals surface area contributed by atoms with Gasteiger partial charge in [-0.2, -0.15) is 0 Å². The first kappa shape index (κ1) is 11.0. The van der Waals surface area contributed by atoms with Gasteiger partial charge < -0.3 is 14.6 Å². The molecule has 1 saturated heterocycles. The third-order valence-electron chi connectivity index (χ3n) is 2.91. The van der Waals surface area contributed by atoms with Gasteiger partial charge in [0.15, 0.2) is 0 Å². The van der Waals surface area contributed by atoms with Crippen LogP contribution >= 0.6 is 0 Å². The van der Waals surface area contributed by atoms with Crippen molar-refractivity contribution in [3.8, 4) is 5.75 Å². The maximum absolute atomic E-state index is 11.1. The van der Waals surface area contributed by atoms with Crippen LogP contribution in [0.4, 0.5) is 0 Å². The van der Waals surface area contributed by atoms with Crippen molar-refractivity contribution in [1.82, 2.24) is 0 Å². The van der Waals surface area contributed by atoms with E-state index in [9.17, 15) is 4.79 Å². The van der Waals surface area contributed by atoms with Crippen LogP contribution in [0.1, 0.15) is 5.56 Å². The Morgan fingerprint density at radius 2 is 2.06 bits per heavy atom. The molecule has 4 heteroatoms. The highest BCUT2D eigenvalue weighted by Gasteiger charge is 2.46. The van der Waals surface area contributed by atoms with Crippen LogP contribution in [0.2, 0.25) is 0 Å². The highest BCUT2D eigenvalue weighted by molar-refractivity contribution is 5.76. The summed E-state index contributed by atoms with van der Waals surface area (Å²) in [4.78, 5) is 11.1. The minimum Gasteiger partial charge on any atom is -0.497 e. The highest BCUT2D eigenvalue weighted by atomic mass is 16.5. The Labute approximate surface area is 93.8 Å². The van der Waals surface area contributed by atoms with Crippen molar-refractivity contribution in [2.24, 2.45) is 5.41 Å². The first-order valence-corrected chi connectivity index (χ1v) is 5.10. The normalized spacial score (nSPS) is 17.6. The molecule has 0 aromatic heterocycles. The van der Waals surface area contributed by atoms with Crippen LogP contribution in [-0.4, -0.2) is 31.4 Å². The molecular weight excluding hydrogens is 208 g/mol. The van der Waals surface area contributed by atoms with Crippen LogP contribution in [0.5, 0.6) is 5.75 Å². The smallest absolute Gasteiger partial charge is 0.314 e. The molecule has 4 nitrogen and oxygen atoms in total. The predicted octanol–water partition coefficient (Wildman–Crippen LogP) is 1.34. The second-order valence-electron chi connectivity index (χ2n) is 4.10. The maximum Gasteiger partial charge on any atom is 0.314 e. The van der Waals surface area contributed by atoms with Gasteiger partial charge in [0.25, 0.3) is 0 Å². The standard InChI is InChI=1S/C12H14O4/c1-15-10-4-2-9(3-5-10)6-12(11(13)14)7-16-8-12/h2-5H,6-8H2,1H3,(H,13,14). The molecule has 1 heterocycles. The molecule has 0 spiro atoms. The first-order chi connectivity index (χ1) is 7.66. The number of rotatable bonds is 4. The van der Waals surface area contributed by atoms with E-state index in [2.05, 4.69) is 0 Å². The fourth-order valence-electron chi connectivity index (χ4n) is 1.78. The average molecular weight is 222 g/mol. The molecule has 86 valence electrons. The van der Waals surface area contributed by atoms with E-state index in [0.717, 1.165) is 11.3 Å². The Bertz CT molecular complexity index is 379. The van der Waals surface area contributed by atoms with Crippen LogP contribution in [0, 0.1) is 5.41 Å². The number of ether oxygens (including phenoxy) is 2. The monoisotopic (exact) mass is 222 g/mol. The molecule has 1 aliphatic heterocycles. The van der Waals surface area contributed by atoms with Crippen molar-refractivity contribution in [2.45, 2.75) is 6.42 Å². The number of methoxy groups -OCH3 is 1. The van der Waals surface area contributed by atoms with E-state index < -0.39 is 11.4 Å². The van der Waals surface area contributed by atoms with Crippen molar-refractivity contribution in [3.63, 3.8) is 0 Å². The number of carboxylic acids is 1. The number of benzene rings is 1. The summed E-state index contributed by atoms with van der Waals surface area (Å²) in [5.41, 5.74) is 0.265. The van der Waals surface area contributed by atoms with Crippen molar-refractivity contribution in [3.05, 3.63) is 29.8 Å². The van der Waals surface area contributed by atoms with E-state index in [-0.39, 0.29) is 0 Å². The quantitative estimate of drug-likeness (QED) is 0.835. The van der Waals surface area contributed by atoms with E-state index in [1.54, 1.807) is 7.11 Å². The zero-order chi connectivity index (χ0) is 11.6. The molecule has 0 unspecified atom stereocenters. The second-order valence-corrected chi connectivity index (χ2v) is 4.10. The maximum atomic E-state index is 11.1. The van der Waals surface area contributed by atoms with Crippen LogP contribution < -0.4 is 4.74 Å². The Morgan fingerprint density at radius 3 is 2.44 bits per heavy atom. The van der Waals surface area contributed by atoms with Gasteiger partial charge in [-0.1, -0.05) is 12.1 Å². The number of hydrogen-bond donors (Lipinski definition) is 1. The molecule has 0 bridgehead atoms. The van der Waals surface area contributed by atoms with Crippen molar-refractivity contribution < 1.29 is 19.4 Å². The number of carboxylic acid groups (broad SMARTS) is 1. The van der Waals surface area contributed by atoms with Crippen LogP contribution in [0.25, 0.3) is 0 Å². The van der Waals surface area contributed by atoms with E-state index >= 15 is 0 Å². The number of aliphatic carboxylic acids is 1. The fourth-order valence-corrected chi connectivity index (χ4v) is 1.78. The number of carbonyl (C=O) groups is 1. The summed E-state index contributed by atoms with van der Waals surface area (Å²) >= 11 is 0. The molecule has 1 fully saturated rings. The topological polar surface area (TPSA) is 55.8 Å². The summed E-state index contributed by atoms with van der Waals surface area (Å²) in [6, 6.07) is 7.46. The molecule has 0 radical (unpaired) electrons. The zero-order valence-electron chi connectivity index (χ0n) is 9.10. The minimum atomic E-state index is -0.783. The van der Waals surface area contributed by atoms with Gasteiger partial charge >= 0.3 is 5.97 Å². The minimum absolute atomic E-state index is 0.300. The molecule has 1 aromatic carbocycles. The van der Waals surface area contributed by atoms with E-state index in [4.69, 9.17) is 14.6 Å². The SMILES string of the molecule is COc1ccc(CC2(C(=O)O)COC2)cc1. The van der Waals surface area contributed by atoms with Gasteiger partial charge in [0.1, 0.15) is 11.2 Å². The average Bonchev–Trinajstić information content (AvgIpc) is 2.24. The molecule has 0 atom stereocenters. The van der Waals surface area contributed by atoms with E-state index in [1.165, 1.54) is 0 Å². The molecule has 1 N–H and O–H groups in total. The van der Waals surface area contributed by atoms with Gasteiger partial charge in [-0.3, -0.25) is 4.79 Å². The third-order valence-corrected chi connectivity index (χ3v) is 2.91. The summed E-state index contributed by atoms with van der Waals surface area (Å²) in [7, 11) is 1.60. The predicted molar refractivity (Wildman–Crippen MR) is 57.6 cm³/mol. The van der Waals surface area contributed by atoms with E-state index in [0.29, 0.717) is 19.6 Å². The lowest BCUT2D eigenvalue weighted by molar-refractivity contribution is -0.179. The van der Waals surface area contributed by atoms with Crippen LogP contribution in [0.15, 0.2) is 24.3 Å². The molecule has 1 aromatic rings. The summed E-state index contributed by atoms with van der Waals surface area (Å²) in [6.07, 6.45) is 0.506. The second kappa shape index (κ2) is 4.14. The fraction of sp³-hybridized carbons (Fsp3) is 0.417. The van der Waals surface area contributed by atoms with Crippen LogP contribution in [0.3, 0.4) is 0 Å². The van der Waals surface area contributed by atoms with Crippen molar-refractivity contribution in [2.75, 3.05) is 20.3 Å². The van der Waals surface area contributed by atoms with Crippen LogP contribution in [-0.2, 0) is 16.0 Å². The Balaban J connectivity index is 2.10. The first-order valence-electron chi connectivity index (χ1n) is 5.10. The van der Waals surface area contributed by atoms with Gasteiger partial charge in [-0.15, -0.1) is 0 Å². The third kappa shape index (κ3) is 1.88. The molecule has 0 aliphatic carbocycles. The summed E-state index contributed by atoms with van der Waals surface area (Å²) in [6.45, 7) is 0.600. The largest absolute Gasteiger partial charge is 0.497 e. The lowest BCUT2D eigenvalue weighted by Crippen LogP contribution is -2.50. The lowest BCUT2D eigenvalue weighted by atomic mass is 9.80. The summed E-state index contributed by atoms with van der Waals surface area (Å²) in [5.74, 6) is -0.00690. The molecule has 2 rings (SSSR count). The van der Waals surface area contributed by atoms with Gasteiger partial charge in [-0.25, -0.2) is 0 Å². The molecule has 0 amide bonds. The lowest BCUT2D eigenvalue weighted by Gasteiger charge is -2.37. The molecule has 16 heavy (non-hydrogen) atoms. The van der Waals surface area contributed by atoms with Crippen molar-refractivity contribution >= 4 is 5.97 Å². The van der Waals surface area contributed by atoms with Gasteiger partial charge in [0.05, 0.1) is 20.3 Å². The Kier molecular flexibility index (Phi) is 2.83. The molecule has 0 saturated carbocycles. The van der Waals surface area contributed by atoms with Gasteiger partial charge in [0.2, 0.25) is 0 Å². The van der Waals surface area contributed by atoms with Gasteiger partial charge in [-0.05, 0) is 24.1 Å². The highest BCUT2D eigenvalue weighted by Crippen LogP contribution is 2.32. The molecular formula is C12H14O4. The summed E-state index contributed by atoms with van der Waals surface area (Å²) in [5, 5.41) is 9.14. The van der Waals surface area contributed by atoms with Crippen molar-refractivity contribution in [1.29, 1.82) is 0 Å². The van der Waals surface area contributed by atoms with Gasteiger partial charge in [0, 0.05) is 0 Å². The zero-order valence-corrected chi connectivity index (χ0v) is 9.10. The van der Waals surface area contributed by atoms with E-state index in [1.807, 2.05) is 24.3 Å². The Hall–Kier alpha value is -1.55. The Morgan fingerprint density at radius 1 is 1.44 bits per heavy atom.